The Morgan fingerprint density at radius 1 is 1.28 bits per heavy atom. The van der Waals surface area contributed by atoms with Crippen LogP contribution in [-0.2, 0) is 19.4 Å². The predicted molar refractivity (Wildman–Crippen MR) is 97.6 cm³/mol. The summed E-state index contributed by atoms with van der Waals surface area (Å²) in [5.41, 5.74) is 3.57. The average molecular weight is 353 g/mol. The minimum Gasteiger partial charge on any atom is -0.305 e. The monoisotopic (exact) mass is 353 g/mol. The van der Waals surface area contributed by atoms with Gasteiger partial charge in [-0.15, -0.1) is 11.3 Å². The van der Waals surface area contributed by atoms with Gasteiger partial charge >= 0.3 is 0 Å². The molecule has 0 unspecified atom stereocenters. The topological polar surface area (TPSA) is 74.8 Å². The van der Waals surface area contributed by atoms with Gasteiger partial charge in [-0.1, -0.05) is 0 Å². The third kappa shape index (κ3) is 3.52. The summed E-state index contributed by atoms with van der Waals surface area (Å²) in [5, 5.41) is 2.21. The number of H-pyrrole nitrogens is 1. The fourth-order valence-electron chi connectivity index (χ4n) is 3.19. The van der Waals surface area contributed by atoms with Crippen molar-refractivity contribution in [2.45, 2.75) is 26.3 Å². The van der Waals surface area contributed by atoms with Crippen molar-refractivity contribution >= 4 is 11.3 Å². The van der Waals surface area contributed by atoms with E-state index in [1.54, 1.807) is 29.9 Å². The molecule has 3 aromatic heterocycles. The van der Waals surface area contributed by atoms with E-state index in [1.165, 1.54) is 10.4 Å². The van der Waals surface area contributed by atoms with E-state index in [4.69, 9.17) is 0 Å². The molecule has 128 valence electrons. The fraction of sp³-hybridized carbons (Fsp3) is 0.333. The van der Waals surface area contributed by atoms with E-state index in [0.29, 0.717) is 11.5 Å². The summed E-state index contributed by atoms with van der Waals surface area (Å²) in [4.78, 5) is 32.1. The first kappa shape index (κ1) is 16.1. The van der Waals surface area contributed by atoms with Gasteiger partial charge in [-0.25, -0.2) is 9.97 Å². The Balaban J connectivity index is 1.57. The Morgan fingerprint density at radius 3 is 2.92 bits per heavy atom. The van der Waals surface area contributed by atoms with Crippen LogP contribution in [0.5, 0.6) is 0 Å². The van der Waals surface area contributed by atoms with Crippen LogP contribution in [0.1, 0.15) is 21.7 Å². The highest BCUT2D eigenvalue weighted by molar-refractivity contribution is 7.10. The molecule has 7 heteroatoms. The summed E-state index contributed by atoms with van der Waals surface area (Å²) in [5.74, 6) is 0.499. The van der Waals surface area contributed by atoms with Crippen molar-refractivity contribution in [2.75, 3.05) is 13.1 Å². The number of thiophene rings is 1. The lowest BCUT2D eigenvalue weighted by Gasteiger charge is -2.18. The maximum Gasteiger partial charge on any atom is 0.254 e. The Labute approximate surface area is 149 Å². The first-order valence-corrected chi connectivity index (χ1v) is 9.22. The first-order chi connectivity index (χ1) is 12.2. The third-order valence-corrected chi connectivity index (χ3v) is 5.35. The number of nitrogens with zero attached hydrogens (tertiary/aromatic N) is 4. The molecule has 0 radical (unpaired) electrons. The number of nitrogens with one attached hydrogen (secondary N) is 1. The highest BCUT2D eigenvalue weighted by atomic mass is 32.1. The van der Waals surface area contributed by atoms with Crippen LogP contribution < -0.4 is 5.56 Å². The number of rotatable bonds is 3. The van der Waals surface area contributed by atoms with Crippen LogP contribution >= 0.6 is 11.3 Å². The van der Waals surface area contributed by atoms with Gasteiger partial charge in [0.1, 0.15) is 5.69 Å². The van der Waals surface area contributed by atoms with E-state index in [-0.39, 0.29) is 5.56 Å². The molecule has 25 heavy (non-hydrogen) atoms. The summed E-state index contributed by atoms with van der Waals surface area (Å²) in [6.07, 6.45) is 6.32. The minimum absolute atomic E-state index is 0.0566. The maximum absolute atomic E-state index is 12.5. The smallest absolute Gasteiger partial charge is 0.254 e. The van der Waals surface area contributed by atoms with Gasteiger partial charge in [0.05, 0.1) is 11.9 Å². The number of hydrogen-bond donors (Lipinski definition) is 1. The molecule has 1 aliphatic heterocycles. The van der Waals surface area contributed by atoms with E-state index in [0.717, 1.165) is 43.7 Å². The van der Waals surface area contributed by atoms with Gasteiger partial charge in [0.2, 0.25) is 0 Å². The standard InChI is InChI=1S/C18H19N5OS/c1-12-8-13(11-25-12)10-23-6-2-14-15(3-7-23)21-17(22-18(14)24)16-9-19-4-5-20-16/h4-5,8-9,11H,2-3,6-7,10H2,1H3,(H,21,22,24). The number of hydrogen-bond acceptors (Lipinski definition) is 6. The van der Waals surface area contributed by atoms with Crippen molar-refractivity contribution in [3.8, 4) is 11.5 Å². The van der Waals surface area contributed by atoms with Crippen LogP contribution in [0.15, 0.2) is 34.8 Å². The van der Waals surface area contributed by atoms with Crippen LogP contribution in [0.4, 0.5) is 0 Å². The Bertz CT molecular complexity index is 934. The van der Waals surface area contributed by atoms with Crippen LogP contribution in [0, 0.1) is 6.92 Å². The Morgan fingerprint density at radius 2 is 2.16 bits per heavy atom. The SMILES string of the molecule is Cc1cc(CN2CCc3nc(-c4cnccn4)[nH]c(=O)c3CC2)cs1. The second-order valence-electron chi connectivity index (χ2n) is 6.27. The summed E-state index contributed by atoms with van der Waals surface area (Å²) >= 11 is 1.78. The maximum atomic E-state index is 12.5. The summed E-state index contributed by atoms with van der Waals surface area (Å²) in [6, 6.07) is 2.24. The van der Waals surface area contributed by atoms with Crippen molar-refractivity contribution in [3.63, 3.8) is 0 Å². The lowest BCUT2D eigenvalue weighted by Crippen LogP contribution is -2.26. The lowest BCUT2D eigenvalue weighted by atomic mass is 10.1. The van der Waals surface area contributed by atoms with Gasteiger partial charge in [-0.05, 0) is 30.4 Å². The van der Waals surface area contributed by atoms with E-state index in [2.05, 4.69) is 43.2 Å². The van der Waals surface area contributed by atoms with Crippen LogP contribution in [-0.4, -0.2) is 37.9 Å². The number of aromatic nitrogens is 4. The van der Waals surface area contributed by atoms with E-state index >= 15 is 0 Å². The fourth-order valence-corrected chi connectivity index (χ4v) is 3.89. The molecule has 0 saturated carbocycles. The molecule has 0 bridgehead atoms. The summed E-state index contributed by atoms with van der Waals surface area (Å²) < 4.78 is 0. The average Bonchev–Trinajstić information content (AvgIpc) is 2.91. The van der Waals surface area contributed by atoms with Gasteiger partial charge < -0.3 is 4.98 Å². The number of aryl methyl sites for hydroxylation is 1. The second-order valence-corrected chi connectivity index (χ2v) is 7.39. The van der Waals surface area contributed by atoms with Crippen molar-refractivity contribution in [2.24, 2.45) is 0 Å². The van der Waals surface area contributed by atoms with E-state index in [1.807, 2.05) is 0 Å². The van der Waals surface area contributed by atoms with Crippen molar-refractivity contribution in [1.29, 1.82) is 0 Å². The molecule has 0 atom stereocenters. The molecule has 0 saturated heterocycles. The zero-order chi connectivity index (χ0) is 17.2. The predicted octanol–water partition coefficient (Wildman–Crippen LogP) is 2.20. The molecule has 0 aliphatic carbocycles. The van der Waals surface area contributed by atoms with Crippen LogP contribution in [0.25, 0.3) is 11.5 Å². The normalized spacial score (nSPS) is 14.9. The van der Waals surface area contributed by atoms with Crippen LogP contribution in [0.2, 0.25) is 0 Å². The minimum atomic E-state index is -0.0566. The molecule has 0 amide bonds. The second kappa shape index (κ2) is 6.85. The Kier molecular flexibility index (Phi) is 4.42. The largest absolute Gasteiger partial charge is 0.305 e. The molecule has 1 N–H and O–H groups in total. The third-order valence-electron chi connectivity index (χ3n) is 4.44. The zero-order valence-electron chi connectivity index (χ0n) is 14.0. The molecule has 0 spiro atoms. The summed E-state index contributed by atoms with van der Waals surface area (Å²) in [7, 11) is 0. The quantitative estimate of drug-likeness (QED) is 0.781. The van der Waals surface area contributed by atoms with Gasteiger partial charge in [-0.3, -0.25) is 14.7 Å². The van der Waals surface area contributed by atoms with Gasteiger partial charge in [-0.2, -0.15) is 0 Å². The molecule has 4 heterocycles. The molecule has 4 rings (SSSR count). The van der Waals surface area contributed by atoms with Gasteiger partial charge in [0.15, 0.2) is 5.82 Å². The van der Waals surface area contributed by atoms with E-state index < -0.39 is 0 Å². The van der Waals surface area contributed by atoms with Crippen molar-refractivity contribution in [1.82, 2.24) is 24.8 Å². The van der Waals surface area contributed by atoms with Gasteiger partial charge in [0.25, 0.3) is 5.56 Å². The van der Waals surface area contributed by atoms with Crippen molar-refractivity contribution < 1.29 is 0 Å². The molecule has 3 aromatic rings. The van der Waals surface area contributed by atoms with Crippen molar-refractivity contribution in [3.05, 3.63) is 62.1 Å². The highest BCUT2D eigenvalue weighted by Gasteiger charge is 2.19. The summed E-state index contributed by atoms with van der Waals surface area (Å²) in [6.45, 7) is 4.83. The lowest BCUT2D eigenvalue weighted by molar-refractivity contribution is 0.279. The van der Waals surface area contributed by atoms with E-state index in [9.17, 15) is 4.79 Å². The Hall–Kier alpha value is -2.38. The highest BCUT2D eigenvalue weighted by Crippen LogP contribution is 2.18. The molecule has 0 aromatic carbocycles. The number of fused-ring (bicyclic) bond motifs is 1. The molecule has 1 aliphatic rings. The van der Waals surface area contributed by atoms with Gasteiger partial charge in [0, 0.05) is 48.9 Å². The molecular weight excluding hydrogens is 334 g/mol. The number of aromatic amines is 1. The first-order valence-electron chi connectivity index (χ1n) is 8.34. The van der Waals surface area contributed by atoms with Crippen LogP contribution in [0.3, 0.4) is 0 Å². The molecular formula is C18H19N5OS. The molecule has 0 fully saturated rings. The molecule has 6 nitrogen and oxygen atoms in total. The zero-order valence-corrected chi connectivity index (χ0v) is 14.8.